The lowest BCUT2D eigenvalue weighted by Gasteiger charge is -2.25. The van der Waals surface area contributed by atoms with Crippen LogP contribution in [-0.4, -0.2) is 48.0 Å². The van der Waals surface area contributed by atoms with Crippen molar-refractivity contribution < 1.29 is 0 Å². The Morgan fingerprint density at radius 1 is 1.53 bits per heavy atom. The molecule has 4 heteroatoms. The van der Waals surface area contributed by atoms with Crippen molar-refractivity contribution in [3.8, 4) is 0 Å². The predicted molar refractivity (Wildman–Crippen MR) is 79.0 cm³/mol. The fourth-order valence-electron chi connectivity index (χ4n) is 1.83. The third-order valence-electron chi connectivity index (χ3n) is 3.58. The molecule has 0 aliphatic carbocycles. The van der Waals surface area contributed by atoms with Gasteiger partial charge in [-0.05, 0) is 33.2 Å². The molecule has 2 atom stereocenters. The van der Waals surface area contributed by atoms with E-state index in [1.807, 2.05) is 11.8 Å². The standard InChI is InChI=1S/C13H27N3S/c1-5-11(3)16(4)9-8-14-13-15-12(6-2)7-10-17-13/h11-12H,5-10H2,1-4H3,(H,14,15). The van der Waals surface area contributed by atoms with Crippen LogP contribution in [-0.2, 0) is 0 Å². The summed E-state index contributed by atoms with van der Waals surface area (Å²) in [6.45, 7) is 8.71. The van der Waals surface area contributed by atoms with Crippen molar-refractivity contribution in [2.24, 2.45) is 4.99 Å². The predicted octanol–water partition coefficient (Wildman–Crippen LogP) is 2.58. The topological polar surface area (TPSA) is 27.6 Å². The van der Waals surface area contributed by atoms with E-state index in [9.17, 15) is 0 Å². The molecule has 1 aliphatic rings. The second-order valence-electron chi connectivity index (χ2n) is 4.81. The van der Waals surface area contributed by atoms with E-state index in [-0.39, 0.29) is 0 Å². The van der Waals surface area contributed by atoms with E-state index in [1.165, 1.54) is 25.0 Å². The van der Waals surface area contributed by atoms with Gasteiger partial charge in [0.2, 0.25) is 0 Å². The third-order valence-corrected chi connectivity index (χ3v) is 4.54. The van der Waals surface area contributed by atoms with Gasteiger partial charge in [-0.15, -0.1) is 0 Å². The van der Waals surface area contributed by atoms with Gasteiger partial charge >= 0.3 is 0 Å². The summed E-state index contributed by atoms with van der Waals surface area (Å²) in [5, 5.41) is 4.67. The zero-order chi connectivity index (χ0) is 12.7. The Morgan fingerprint density at radius 2 is 2.29 bits per heavy atom. The molecule has 1 saturated heterocycles. The molecule has 1 heterocycles. The third kappa shape index (κ3) is 5.30. The minimum Gasteiger partial charge on any atom is -0.362 e. The molecule has 1 N–H and O–H groups in total. The van der Waals surface area contributed by atoms with Crippen LogP contribution in [0.3, 0.4) is 0 Å². The van der Waals surface area contributed by atoms with E-state index >= 15 is 0 Å². The van der Waals surface area contributed by atoms with Gasteiger partial charge in [0, 0.05) is 24.4 Å². The monoisotopic (exact) mass is 257 g/mol. The summed E-state index contributed by atoms with van der Waals surface area (Å²) >= 11 is 1.87. The molecule has 0 radical (unpaired) electrons. The Labute approximate surface area is 110 Å². The molecule has 0 bridgehead atoms. The molecule has 17 heavy (non-hydrogen) atoms. The number of thioether (sulfide) groups is 1. The molecule has 0 aromatic heterocycles. The number of likely N-dealkylation sites (N-methyl/N-ethyl adjacent to an activating group) is 1. The molecule has 0 amide bonds. The maximum atomic E-state index is 4.66. The minimum absolute atomic E-state index is 0.641. The molecule has 1 rings (SSSR count). The fraction of sp³-hybridized carbons (Fsp3) is 0.923. The molecule has 0 saturated carbocycles. The minimum atomic E-state index is 0.641. The quantitative estimate of drug-likeness (QED) is 0.792. The van der Waals surface area contributed by atoms with Crippen molar-refractivity contribution in [2.45, 2.75) is 52.1 Å². The highest BCUT2D eigenvalue weighted by molar-refractivity contribution is 8.13. The summed E-state index contributed by atoms with van der Waals surface area (Å²) in [6.07, 6.45) is 3.68. The normalized spacial score (nSPS) is 25.0. The van der Waals surface area contributed by atoms with Crippen molar-refractivity contribution in [3.05, 3.63) is 0 Å². The van der Waals surface area contributed by atoms with Gasteiger partial charge in [-0.3, -0.25) is 4.99 Å². The van der Waals surface area contributed by atoms with Crippen molar-refractivity contribution in [3.63, 3.8) is 0 Å². The van der Waals surface area contributed by atoms with Crippen LogP contribution < -0.4 is 5.32 Å². The van der Waals surface area contributed by atoms with E-state index in [2.05, 4.69) is 43.0 Å². The summed E-state index contributed by atoms with van der Waals surface area (Å²) in [7, 11) is 2.19. The fourth-order valence-corrected chi connectivity index (χ4v) is 2.85. The lowest BCUT2D eigenvalue weighted by molar-refractivity contribution is 0.259. The first kappa shape index (κ1) is 14.8. The summed E-state index contributed by atoms with van der Waals surface area (Å²) < 4.78 is 0. The summed E-state index contributed by atoms with van der Waals surface area (Å²) in [5.41, 5.74) is 0. The van der Waals surface area contributed by atoms with E-state index < -0.39 is 0 Å². The molecule has 100 valence electrons. The number of hydrogen-bond donors (Lipinski definition) is 1. The van der Waals surface area contributed by atoms with Crippen molar-refractivity contribution in [2.75, 3.05) is 25.9 Å². The zero-order valence-electron chi connectivity index (χ0n) is 11.7. The Hall–Kier alpha value is -0.220. The van der Waals surface area contributed by atoms with Crippen LogP contribution in [0, 0.1) is 0 Å². The van der Waals surface area contributed by atoms with Crippen molar-refractivity contribution >= 4 is 16.9 Å². The lowest BCUT2D eigenvalue weighted by atomic mass is 10.2. The Kier molecular flexibility index (Phi) is 6.97. The van der Waals surface area contributed by atoms with E-state index in [4.69, 9.17) is 0 Å². The van der Waals surface area contributed by atoms with Gasteiger partial charge in [-0.25, -0.2) is 0 Å². The average molecular weight is 257 g/mol. The Balaban J connectivity index is 2.28. The smallest absolute Gasteiger partial charge is 0.156 e. The highest BCUT2D eigenvalue weighted by Crippen LogP contribution is 2.15. The highest BCUT2D eigenvalue weighted by Gasteiger charge is 2.15. The van der Waals surface area contributed by atoms with Gasteiger partial charge in [0.15, 0.2) is 5.17 Å². The van der Waals surface area contributed by atoms with Gasteiger partial charge in [-0.2, -0.15) is 0 Å². The van der Waals surface area contributed by atoms with Crippen LogP contribution in [0.15, 0.2) is 4.99 Å². The number of hydrogen-bond acceptors (Lipinski definition) is 3. The van der Waals surface area contributed by atoms with E-state index in [0.29, 0.717) is 12.1 Å². The van der Waals surface area contributed by atoms with Crippen LogP contribution in [0.25, 0.3) is 0 Å². The van der Waals surface area contributed by atoms with E-state index in [0.717, 1.165) is 18.3 Å². The lowest BCUT2D eigenvalue weighted by Crippen LogP contribution is -2.38. The number of rotatable bonds is 6. The largest absolute Gasteiger partial charge is 0.362 e. The molecular weight excluding hydrogens is 230 g/mol. The Bertz CT molecular complexity index is 243. The van der Waals surface area contributed by atoms with Crippen LogP contribution in [0.1, 0.15) is 40.0 Å². The number of nitrogens with zero attached hydrogens (tertiary/aromatic N) is 2. The van der Waals surface area contributed by atoms with Gasteiger partial charge in [0.1, 0.15) is 0 Å². The van der Waals surface area contributed by atoms with Gasteiger partial charge < -0.3 is 10.2 Å². The summed E-state index contributed by atoms with van der Waals surface area (Å²) in [5.74, 6) is 1.21. The zero-order valence-corrected chi connectivity index (χ0v) is 12.5. The molecule has 0 spiro atoms. The molecular formula is C13H27N3S. The number of aliphatic imine (C=N–C) groups is 1. The highest BCUT2D eigenvalue weighted by atomic mass is 32.2. The number of nitrogens with one attached hydrogen (secondary N) is 1. The molecule has 3 nitrogen and oxygen atoms in total. The van der Waals surface area contributed by atoms with Crippen LogP contribution in [0.4, 0.5) is 0 Å². The van der Waals surface area contributed by atoms with Crippen LogP contribution in [0.5, 0.6) is 0 Å². The molecule has 2 unspecified atom stereocenters. The van der Waals surface area contributed by atoms with Gasteiger partial charge in [-0.1, -0.05) is 25.6 Å². The van der Waals surface area contributed by atoms with Gasteiger partial charge in [0.05, 0.1) is 6.54 Å². The van der Waals surface area contributed by atoms with Crippen molar-refractivity contribution in [1.82, 2.24) is 10.2 Å². The second-order valence-corrected chi connectivity index (χ2v) is 5.90. The first-order chi connectivity index (χ1) is 8.17. The second kappa shape index (κ2) is 7.98. The first-order valence-electron chi connectivity index (χ1n) is 6.81. The summed E-state index contributed by atoms with van der Waals surface area (Å²) in [6, 6.07) is 1.30. The number of amidine groups is 1. The average Bonchev–Trinajstić information content (AvgIpc) is 2.37. The Morgan fingerprint density at radius 3 is 2.94 bits per heavy atom. The molecule has 0 aromatic carbocycles. The summed E-state index contributed by atoms with van der Waals surface area (Å²) in [4.78, 5) is 7.05. The molecule has 1 aliphatic heterocycles. The molecule has 0 aromatic rings. The maximum absolute atomic E-state index is 4.66. The van der Waals surface area contributed by atoms with E-state index in [1.54, 1.807) is 0 Å². The van der Waals surface area contributed by atoms with Crippen molar-refractivity contribution in [1.29, 1.82) is 0 Å². The SMILES string of the molecule is CCC1CCSC(=NCCN(C)C(C)CC)N1. The molecule has 1 fully saturated rings. The van der Waals surface area contributed by atoms with Crippen LogP contribution >= 0.6 is 11.8 Å². The van der Waals surface area contributed by atoms with Crippen LogP contribution in [0.2, 0.25) is 0 Å². The maximum Gasteiger partial charge on any atom is 0.156 e. The first-order valence-corrected chi connectivity index (χ1v) is 7.79. The van der Waals surface area contributed by atoms with Gasteiger partial charge in [0.25, 0.3) is 0 Å².